The summed E-state index contributed by atoms with van der Waals surface area (Å²) in [6, 6.07) is 3.14. The summed E-state index contributed by atoms with van der Waals surface area (Å²) in [5.41, 5.74) is 7.00. The zero-order chi connectivity index (χ0) is 15.3. The van der Waals surface area contributed by atoms with Crippen molar-refractivity contribution in [1.82, 2.24) is 9.97 Å². The minimum absolute atomic E-state index is 0.0822. The van der Waals surface area contributed by atoms with Crippen LogP contribution in [0, 0.1) is 17.0 Å². The van der Waals surface area contributed by atoms with Crippen molar-refractivity contribution >= 4 is 54.8 Å². The molecule has 0 unspecified atom stereocenters. The van der Waals surface area contributed by atoms with Crippen molar-refractivity contribution < 1.29 is 4.92 Å². The molecule has 0 aromatic carbocycles. The van der Waals surface area contributed by atoms with E-state index in [1.165, 1.54) is 6.07 Å². The first kappa shape index (κ1) is 16.8. The maximum absolute atomic E-state index is 10.2. The zero-order valence-electron chi connectivity index (χ0n) is 10.2. The molecule has 6 nitrogen and oxygen atoms in total. The second-order valence-corrected chi connectivity index (χ2v) is 5.63. The maximum atomic E-state index is 10.2. The standard InChI is InChI=1S/C6H7BrN2.C5H2BrClN2O2/c1-4-6(7)2-5(8)3-9-4;6-4-1-3(9(10)11)2-8-5(4)7/h2-3H,8H2,1H3;1-2H. The van der Waals surface area contributed by atoms with Crippen molar-refractivity contribution in [3.05, 3.63) is 54.4 Å². The molecule has 0 aliphatic heterocycles. The third kappa shape index (κ3) is 5.03. The Morgan fingerprint density at radius 2 is 1.90 bits per heavy atom. The SMILES string of the molecule is Cc1ncc(N)cc1Br.O=[N+]([O-])c1cnc(Cl)c(Br)c1. The molecule has 20 heavy (non-hydrogen) atoms. The third-order valence-electron chi connectivity index (χ3n) is 2.04. The fourth-order valence-corrected chi connectivity index (χ4v) is 1.84. The second-order valence-electron chi connectivity index (χ2n) is 3.56. The summed E-state index contributed by atoms with van der Waals surface area (Å²) in [5.74, 6) is 0. The number of rotatable bonds is 1. The molecule has 0 spiro atoms. The summed E-state index contributed by atoms with van der Waals surface area (Å²) in [4.78, 5) is 17.2. The molecule has 2 N–H and O–H groups in total. The fraction of sp³-hybridized carbons (Fsp3) is 0.0909. The van der Waals surface area contributed by atoms with E-state index in [0.29, 0.717) is 10.2 Å². The molecule has 0 aliphatic carbocycles. The number of aryl methyl sites for hydroxylation is 1. The van der Waals surface area contributed by atoms with Gasteiger partial charge in [0, 0.05) is 10.5 Å². The van der Waals surface area contributed by atoms with E-state index in [1.807, 2.05) is 13.0 Å². The van der Waals surface area contributed by atoms with Crippen molar-refractivity contribution in [2.45, 2.75) is 6.92 Å². The molecule has 2 aromatic heterocycles. The predicted octanol–water partition coefficient (Wildman–Crippen LogP) is 4.14. The van der Waals surface area contributed by atoms with E-state index in [9.17, 15) is 10.1 Å². The van der Waals surface area contributed by atoms with E-state index in [2.05, 4.69) is 41.8 Å². The number of pyridine rings is 2. The molecule has 0 atom stereocenters. The summed E-state index contributed by atoms with van der Waals surface area (Å²) in [6.07, 6.45) is 2.74. The van der Waals surface area contributed by atoms with Crippen molar-refractivity contribution in [2.24, 2.45) is 0 Å². The highest BCUT2D eigenvalue weighted by Gasteiger charge is 2.08. The first-order chi connectivity index (χ1) is 9.31. The quantitative estimate of drug-likeness (QED) is 0.422. The van der Waals surface area contributed by atoms with E-state index in [1.54, 1.807) is 6.20 Å². The Bertz CT molecular complexity index is 640. The summed E-state index contributed by atoms with van der Waals surface area (Å²) >= 11 is 11.8. The number of nitrogen functional groups attached to an aromatic ring is 1. The van der Waals surface area contributed by atoms with Gasteiger partial charge in [-0.1, -0.05) is 11.6 Å². The van der Waals surface area contributed by atoms with Gasteiger partial charge in [0.2, 0.25) is 0 Å². The van der Waals surface area contributed by atoms with Gasteiger partial charge in [-0.15, -0.1) is 0 Å². The zero-order valence-corrected chi connectivity index (χ0v) is 14.1. The summed E-state index contributed by atoms with van der Waals surface area (Å²) in [7, 11) is 0. The molecule has 0 saturated heterocycles. The van der Waals surface area contributed by atoms with Gasteiger partial charge in [-0.05, 0) is 44.8 Å². The Balaban J connectivity index is 0.000000204. The molecular weight excluding hydrogens is 415 g/mol. The average Bonchev–Trinajstić information content (AvgIpc) is 2.38. The number of halogens is 3. The van der Waals surface area contributed by atoms with Crippen LogP contribution in [-0.4, -0.2) is 14.9 Å². The highest BCUT2D eigenvalue weighted by Crippen LogP contribution is 2.23. The lowest BCUT2D eigenvalue weighted by Crippen LogP contribution is -1.89. The number of anilines is 1. The molecule has 2 heterocycles. The smallest absolute Gasteiger partial charge is 0.288 e. The minimum atomic E-state index is -0.534. The summed E-state index contributed by atoms with van der Waals surface area (Å²) < 4.78 is 1.39. The van der Waals surface area contributed by atoms with E-state index in [0.717, 1.165) is 16.4 Å². The van der Waals surface area contributed by atoms with E-state index < -0.39 is 4.92 Å². The van der Waals surface area contributed by atoms with Gasteiger partial charge < -0.3 is 5.73 Å². The Morgan fingerprint density at radius 1 is 1.25 bits per heavy atom. The number of nitrogens with zero attached hydrogens (tertiary/aromatic N) is 3. The van der Waals surface area contributed by atoms with Crippen molar-refractivity contribution in [2.75, 3.05) is 5.73 Å². The lowest BCUT2D eigenvalue weighted by Gasteiger charge is -1.95. The van der Waals surface area contributed by atoms with Gasteiger partial charge in [0.05, 0.1) is 27.0 Å². The van der Waals surface area contributed by atoms with Gasteiger partial charge in [0.15, 0.2) is 0 Å². The summed E-state index contributed by atoms with van der Waals surface area (Å²) in [5, 5.41) is 10.4. The number of nitro groups is 1. The molecule has 106 valence electrons. The number of hydrogen-bond acceptors (Lipinski definition) is 5. The van der Waals surface area contributed by atoms with Crippen LogP contribution < -0.4 is 5.73 Å². The van der Waals surface area contributed by atoms with Crippen LogP contribution in [0.5, 0.6) is 0 Å². The van der Waals surface area contributed by atoms with Crippen LogP contribution in [0.1, 0.15) is 5.69 Å². The van der Waals surface area contributed by atoms with Crippen LogP contribution in [0.4, 0.5) is 11.4 Å². The summed E-state index contributed by atoms with van der Waals surface area (Å²) in [6.45, 7) is 1.92. The highest BCUT2D eigenvalue weighted by atomic mass is 79.9. The van der Waals surface area contributed by atoms with Gasteiger partial charge in [-0.25, -0.2) is 4.98 Å². The molecule has 0 saturated carbocycles. The topological polar surface area (TPSA) is 94.9 Å². The van der Waals surface area contributed by atoms with Crippen LogP contribution in [0.15, 0.2) is 33.5 Å². The fourth-order valence-electron chi connectivity index (χ4n) is 1.03. The average molecular weight is 424 g/mol. The lowest BCUT2D eigenvalue weighted by atomic mass is 10.3. The Hall–Kier alpha value is -1.25. The van der Waals surface area contributed by atoms with Gasteiger partial charge in [0.1, 0.15) is 11.3 Å². The second kappa shape index (κ2) is 7.51. The first-order valence-electron chi connectivity index (χ1n) is 5.14. The normalized spacial score (nSPS) is 9.60. The van der Waals surface area contributed by atoms with Crippen LogP contribution in [0.2, 0.25) is 5.15 Å². The molecule has 0 aliphatic rings. The molecule has 0 bridgehead atoms. The molecule has 0 radical (unpaired) electrons. The molecular formula is C11H9Br2ClN4O2. The maximum Gasteiger partial charge on any atom is 0.288 e. The Labute approximate surface area is 136 Å². The van der Waals surface area contributed by atoms with Crippen LogP contribution in [-0.2, 0) is 0 Å². The number of hydrogen-bond donors (Lipinski definition) is 1. The largest absolute Gasteiger partial charge is 0.397 e. The molecule has 2 rings (SSSR count). The van der Waals surface area contributed by atoms with Crippen molar-refractivity contribution in [3.63, 3.8) is 0 Å². The van der Waals surface area contributed by atoms with Crippen molar-refractivity contribution in [1.29, 1.82) is 0 Å². The highest BCUT2D eigenvalue weighted by molar-refractivity contribution is 9.10. The first-order valence-corrected chi connectivity index (χ1v) is 7.10. The molecule has 0 amide bonds. The number of aromatic nitrogens is 2. The van der Waals surface area contributed by atoms with E-state index >= 15 is 0 Å². The van der Waals surface area contributed by atoms with Gasteiger partial charge in [0.25, 0.3) is 5.69 Å². The van der Waals surface area contributed by atoms with Gasteiger partial charge >= 0.3 is 0 Å². The number of nitrogens with two attached hydrogens (primary N) is 1. The third-order valence-corrected chi connectivity index (χ3v) is 3.98. The molecule has 2 aromatic rings. The van der Waals surface area contributed by atoms with Gasteiger partial charge in [-0.3, -0.25) is 15.1 Å². The Kier molecular flexibility index (Phi) is 6.31. The monoisotopic (exact) mass is 422 g/mol. The van der Waals surface area contributed by atoms with Gasteiger partial charge in [-0.2, -0.15) is 0 Å². The van der Waals surface area contributed by atoms with E-state index in [4.69, 9.17) is 17.3 Å². The predicted molar refractivity (Wildman–Crippen MR) is 84.7 cm³/mol. The van der Waals surface area contributed by atoms with Crippen LogP contribution >= 0.6 is 43.5 Å². The van der Waals surface area contributed by atoms with E-state index in [-0.39, 0.29) is 10.8 Å². The van der Waals surface area contributed by atoms with Crippen LogP contribution in [0.25, 0.3) is 0 Å². The molecule has 9 heteroatoms. The Morgan fingerprint density at radius 3 is 2.35 bits per heavy atom. The van der Waals surface area contributed by atoms with Crippen molar-refractivity contribution in [3.8, 4) is 0 Å². The molecule has 0 fully saturated rings. The lowest BCUT2D eigenvalue weighted by molar-refractivity contribution is -0.385. The minimum Gasteiger partial charge on any atom is -0.397 e. The van der Waals surface area contributed by atoms with Crippen LogP contribution in [0.3, 0.4) is 0 Å².